The lowest BCUT2D eigenvalue weighted by Crippen LogP contribution is -2.52. The van der Waals surface area contributed by atoms with Crippen LogP contribution in [0.1, 0.15) is 75.5 Å². The number of quaternary nitrogens is 2. The van der Waals surface area contributed by atoms with E-state index in [1.807, 2.05) is 92.7 Å². The lowest BCUT2D eigenvalue weighted by molar-refractivity contribution is -0.870. The number of methoxy groups -OCH3 is 2. The minimum atomic E-state index is -1.15. The van der Waals surface area contributed by atoms with Gasteiger partial charge in [0.05, 0.1) is 88.9 Å². The van der Waals surface area contributed by atoms with E-state index in [4.69, 9.17) is 14.2 Å². The third kappa shape index (κ3) is 17.2. The number of aliphatic hydroxyl groups is 1. The van der Waals surface area contributed by atoms with Gasteiger partial charge in [0.25, 0.3) is 0 Å². The molecule has 3 amide bonds. The van der Waals surface area contributed by atoms with E-state index in [2.05, 4.69) is 58.2 Å². The van der Waals surface area contributed by atoms with Gasteiger partial charge in [0.15, 0.2) is 0 Å². The van der Waals surface area contributed by atoms with Crippen LogP contribution in [0.5, 0.6) is 11.5 Å². The third-order valence-electron chi connectivity index (χ3n) is 9.60. The molecule has 4 N–H and O–H groups in total. The molecule has 3 aromatic carbocycles. The first-order valence-electron chi connectivity index (χ1n) is 20.7. The minimum Gasteiger partial charge on any atom is -0.497 e. The lowest BCUT2D eigenvalue weighted by atomic mass is 9.80. The van der Waals surface area contributed by atoms with E-state index < -0.39 is 30.2 Å². The van der Waals surface area contributed by atoms with E-state index in [-0.39, 0.29) is 18.4 Å². The van der Waals surface area contributed by atoms with Crippen LogP contribution in [-0.2, 0) is 24.7 Å². The molecule has 58 heavy (non-hydrogen) atoms. The number of rotatable bonds is 25. The molecule has 0 aliphatic rings. The lowest BCUT2D eigenvalue weighted by Gasteiger charge is -2.37. The van der Waals surface area contributed by atoms with E-state index in [1.165, 1.54) is 0 Å². The highest BCUT2D eigenvalue weighted by molar-refractivity contribution is 5.87. The monoisotopic (exact) mass is 808 g/mol. The van der Waals surface area contributed by atoms with Crippen LogP contribution in [0.3, 0.4) is 0 Å². The standard InChI is InChI=1S/C44H65N5O7.C2H6/c1-48(2,3)30-14-19-41(51)45-29-13-12-18-40(47-42(52)20-15-31-49(4,5)6)43(53)46-37(32-50)33-56-44(34-16-10-9-11-17-34,35-21-25-38(54-7)26-22-35)36-23-27-39(55-8)28-24-36;1-2/h9-11,16-17,21-28,37,40,50H,12-15,18-20,29-33H2,1-8H3,(H-2,45,46,47,51,52,53);1-2H3/p+2. The Balaban J connectivity index is 0.00000571. The quantitative estimate of drug-likeness (QED) is 0.0522. The molecular formula is C46H73N5O7+2. The predicted molar refractivity (Wildman–Crippen MR) is 232 cm³/mol. The first-order valence-corrected chi connectivity index (χ1v) is 20.7. The molecule has 0 aliphatic carbocycles. The number of hydrogen-bond acceptors (Lipinski definition) is 7. The molecule has 0 spiro atoms. The van der Waals surface area contributed by atoms with Gasteiger partial charge in [-0.05, 0) is 60.2 Å². The van der Waals surface area contributed by atoms with Crippen molar-refractivity contribution < 1.29 is 42.7 Å². The Morgan fingerprint density at radius 1 is 0.655 bits per heavy atom. The molecule has 0 radical (unpaired) electrons. The van der Waals surface area contributed by atoms with Gasteiger partial charge in [0.1, 0.15) is 23.1 Å². The third-order valence-corrected chi connectivity index (χ3v) is 9.60. The van der Waals surface area contributed by atoms with Gasteiger partial charge in [0.2, 0.25) is 17.7 Å². The van der Waals surface area contributed by atoms with Crippen molar-refractivity contribution in [2.24, 2.45) is 0 Å². The summed E-state index contributed by atoms with van der Waals surface area (Å²) in [6.45, 7) is 5.76. The Bertz CT molecular complexity index is 1570. The van der Waals surface area contributed by atoms with Crippen LogP contribution in [0.15, 0.2) is 78.9 Å². The normalized spacial score (nSPS) is 12.7. The van der Waals surface area contributed by atoms with Crippen LogP contribution in [0.4, 0.5) is 0 Å². The maximum atomic E-state index is 13.9. The second-order valence-corrected chi connectivity index (χ2v) is 16.4. The van der Waals surface area contributed by atoms with Gasteiger partial charge >= 0.3 is 0 Å². The summed E-state index contributed by atoms with van der Waals surface area (Å²) in [6, 6.07) is 23.4. The smallest absolute Gasteiger partial charge is 0.242 e. The molecule has 3 rings (SSSR count). The number of benzene rings is 3. The van der Waals surface area contributed by atoms with Gasteiger partial charge in [-0.3, -0.25) is 14.4 Å². The number of carbonyl (C=O) groups excluding carboxylic acids is 3. The Morgan fingerprint density at radius 3 is 1.60 bits per heavy atom. The molecule has 0 bridgehead atoms. The van der Waals surface area contributed by atoms with Crippen molar-refractivity contribution in [3.63, 3.8) is 0 Å². The predicted octanol–water partition coefficient (Wildman–Crippen LogP) is 5.26. The fourth-order valence-corrected chi connectivity index (χ4v) is 6.49. The number of aliphatic hydroxyl groups excluding tert-OH is 1. The van der Waals surface area contributed by atoms with E-state index in [0.29, 0.717) is 56.6 Å². The van der Waals surface area contributed by atoms with Gasteiger partial charge in [0, 0.05) is 32.2 Å². The Kier molecular flexibility index (Phi) is 21.5. The van der Waals surface area contributed by atoms with Gasteiger partial charge in [-0.1, -0.05) is 68.4 Å². The van der Waals surface area contributed by atoms with Crippen LogP contribution in [0, 0.1) is 0 Å². The first-order chi connectivity index (χ1) is 27.6. The highest BCUT2D eigenvalue weighted by Gasteiger charge is 2.39. The van der Waals surface area contributed by atoms with Crippen molar-refractivity contribution >= 4 is 17.7 Å². The summed E-state index contributed by atoms with van der Waals surface area (Å²) in [6.07, 6.45) is 3.86. The van der Waals surface area contributed by atoms with E-state index in [9.17, 15) is 19.5 Å². The first kappa shape index (κ1) is 49.7. The van der Waals surface area contributed by atoms with Gasteiger partial charge < -0.3 is 44.2 Å². The zero-order valence-corrected chi connectivity index (χ0v) is 36.9. The summed E-state index contributed by atoms with van der Waals surface area (Å²) >= 11 is 0. The SMILES string of the molecule is CC.COc1ccc(C(OCC(CO)NC(=O)C(CCCCNC(=O)CCC[N+](C)(C)C)NC(=O)CCC[N+](C)(C)C)(c2ccccc2)c2ccc(OC)cc2)cc1. The van der Waals surface area contributed by atoms with Crippen molar-refractivity contribution in [1.29, 1.82) is 0 Å². The van der Waals surface area contributed by atoms with Crippen molar-refractivity contribution in [2.45, 2.75) is 76.5 Å². The molecule has 0 saturated carbocycles. The molecule has 12 nitrogen and oxygen atoms in total. The molecule has 2 unspecified atom stereocenters. The van der Waals surface area contributed by atoms with Crippen molar-refractivity contribution in [3.05, 3.63) is 95.6 Å². The van der Waals surface area contributed by atoms with E-state index >= 15 is 0 Å². The zero-order valence-electron chi connectivity index (χ0n) is 36.9. The molecule has 322 valence electrons. The van der Waals surface area contributed by atoms with Crippen molar-refractivity contribution in [1.82, 2.24) is 16.0 Å². The second-order valence-electron chi connectivity index (χ2n) is 16.4. The average Bonchev–Trinajstić information content (AvgIpc) is 3.20. The Hall–Kier alpha value is -4.49. The molecule has 0 aromatic heterocycles. The van der Waals surface area contributed by atoms with E-state index in [0.717, 1.165) is 45.2 Å². The van der Waals surface area contributed by atoms with Crippen molar-refractivity contribution in [2.75, 3.05) is 89.4 Å². The molecule has 3 aromatic rings. The summed E-state index contributed by atoms with van der Waals surface area (Å²) in [5.74, 6) is 0.780. The summed E-state index contributed by atoms with van der Waals surface area (Å²) in [5, 5.41) is 19.5. The summed E-state index contributed by atoms with van der Waals surface area (Å²) in [4.78, 5) is 39.4. The molecule has 0 heterocycles. The summed E-state index contributed by atoms with van der Waals surface area (Å²) in [5.41, 5.74) is 1.33. The fourth-order valence-electron chi connectivity index (χ4n) is 6.49. The summed E-state index contributed by atoms with van der Waals surface area (Å²) in [7, 11) is 15.8. The maximum Gasteiger partial charge on any atom is 0.242 e. The van der Waals surface area contributed by atoms with Crippen molar-refractivity contribution in [3.8, 4) is 11.5 Å². The number of ether oxygens (including phenoxy) is 3. The zero-order chi connectivity index (χ0) is 43.2. The second kappa shape index (κ2) is 25.1. The van der Waals surface area contributed by atoms with Crippen LogP contribution in [-0.4, -0.2) is 133 Å². The molecule has 0 saturated heterocycles. The maximum absolute atomic E-state index is 13.9. The summed E-state index contributed by atoms with van der Waals surface area (Å²) < 4.78 is 19.4. The highest BCUT2D eigenvalue weighted by Crippen LogP contribution is 2.41. The molecule has 2 atom stereocenters. The largest absolute Gasteiger partial charge is 0.497 e. The number of carbonyl (C=O) groups is 3. The van der Waals surface area contributed by atoms with Crippen LogP contribution in [0.25, 0.3) is 0 Å². The topological polar surface area (TPSA) is 135 Å². The molecule has 0 aliphatic heterocycles. The number of nitrogens with zero attached hydrogens (tertiary/aromatic N) is 2. The van der Waals surface area contributed by atoms with Crippen LogP contribution >= 0.6 is 0 Å². The molecular weight excluding hydrogens is 735 g/mol. The number of nitrogens with one attached hydrogen (secondary N) is 3. The number of hydrogen-bond donors (Lipinski definition) is 4. The Labute approximate surface area is 348 Å². The minimum absolute atomic E-state index is 0.0138. The average molecular weight is 808 g/mol. The Morgan fingerprint density at radius 2 is 1.14 bits per heavy atom. The fraction of sp³-hybridized carbons (Fsp3) is 0.543. The van der Waals surface area contributed by atoms with Gasteiger partial charge in [-0.25, -0.2) is 0 Å². The van der Waals surface area contributed by atoms with E-state index in [1.54, 1.807) is 14.2 Å². The van der Waals surface area contributed by atoms with Crippen LogP contribution in [0.2, 0.25) is 0 Å². The van der Waals surface area contributed by atoms with Gasteiger partial charge in [-0.15, -0.1) is 0 Å². The van der Waals surface area contributed by atoms with Crippen LogP contribution < -0.4 is 25.4 Å². The number of amides is 3. The molecule has 12 heteroatoms. The highest BCUT2D eigenvalue weighted by atomic mass is 16.5. The van der Waals surface area contributed by atoms with Gasteiger partial charge in [-0.2, -0.15) is 0 Å². The molecule has 0 fully saturated rings. The number of unbranched alkanes of at least 4 members (excludes halogenated alkanes) is 1.